The largest absolute Gasteiger partial charge is 0.461 e. The molecule has 2 aromatic rings. The van der Waals surface area contributed by atoms with E-state index >= 15 is 0 Å². The third kappa shape index (κ3) is 0.755. The topological polar surface area (TPSA) is 26.3 Å². The van der Waals surface area contributed by atoms with E-state index in [4.69, 9.17) is 8.83 Å². The van der Waals surface area contributed by atoms with Crippen molar-refractivity contribution >= 4 is 33.8 Å². The van der Waals surface area contributed by atoms with Crippen LogP contribution in [0.2, 0.25) is 0 Å². The molecule has 0 N–H and O–H groups in total. The van der Waals surface area contributed by atoms with Crippen molar-refractivity contribution in [3.63, 3.8) is 0 Å². The van der Waals surface area contributed by atoms with E-state index in [1.807, 2.05) is 6.07 Å². The van der Waals surface area contributed by atoms with Gasteiger partial charge in [0.15, 0.2) is 14.9 Å². The predicted octanol–water partition coefficient (Wildman–Crippen LogP) is 2.63. The highest BCUT2D eigenvalue weighted by Gasteiger charge is 2.01. The monoisotopic (exact) mass is 234 g/mol. The lowest BCUT2D eigenvalue weighted by Gasteiger charge is -1.70. The summed E-state index contributed by atoms with van der Waals surface area (Å²) in [7, 11) is 0. The number of hydrogen-bond donors (Lipinski definition) is 0. The van der Waals surface area contributed by atoms with Crippen LogP contribution in [0.5, 0.6) is 0 Å². The molecule has 0 saturated carbocycles. The van der Waals surface area contributed by atoms with Gasteiger partial charge in [0, 0.05) is 12.1 Å². The average Bonchev–Trinajstić information content (AvgIpc) is 2.22. The molecule has 0 fully saturated rings. The summed E-state index contributed by atoms with van der Waals surface area (Å²) < 4.78 is 11.1. The molecule has 2 nitrogen and oxygen atoms in total. The molecule has 0 aromatic carbocycles. The molecule has 0 amide bonds. The molecule has 0 spiro atoms. The highest BCUT2D eigenvalue weighted by molar-refractivity contribution is 14.1. The van der Waals surface area contributed by atoms with E-state index in [0.717, 1.165) is 14.9 Å². The van der Waals surface area contributed by atoms with Crippen LogP contribution in [0.1, 0.15) is 0 Å². The maximum absolute atomic E-state index is 5.20. The molecular weight excluding hydrogens is 231 g/mol. The molecule has 2 aromatic heterocycles. The SMILES string of the molecule is Ic1cc2occc2o1. The van der Waals surface area contributed by atoms with E-state index < -0.39 is 0 Å². The van der Waals surface area contributed by atoms with Crippen LogP contribution >= 0.6 is 22.6 Å². The number of halogens is 1. The third-order valence-electron chi connectivity index (χ3n) is 1.11. The Balaban J connectivity index is 2.92. The van der Waals surface area contributed by atoms with Crippen LogP contribution < -0.4 is 0 Å². The van der Waals surface area contributed by atoms with E-state index in [9.17, 15) is 0 Å². The van der Waals surface area contributed by atoms with Crippen molar-refractivity contribution in [1.29, 1.82) is 0 Å². The summed E-state index contributed by atoms with van der Waals surface area (Å²) in [5.41, 5.74) is 1.64. The minimum atomic E-state index is 0.819. The van der Waals surface area contributed by atoms with Crippen molar-refractivity contribution in [2.45, 2.75) is 0 Å². The normalized spacial score (nSPS) is 10.8. The lowest BCUT2D eigenvalue weighted by atomic mass is 10.5. The first-order valence-electron chi connectivity index (χ1n) is 2.49. The Morgan fingerprint density at radius 1 is 1.33 bits per heavy atom. The molecule has 0 aliphatic carbocycles. The molecule has 0 saturated heterocycles. The van der Waals surface area contributed by atoms with Gasteiger partial charge in [-0.25, -0.2) is 0 Å². The Kier molecular flexibility index (Phi) is 1.05. The first-order chi connectivity index (χ1) is 4.36. The fourth-order valence-electron chi connectivity index (χ4n) is 0.736. The molecule has 0 atom stereocenters. The average molecular weight is 234 g/mol. The van der Waals surface area contributed by atoms with Crippen LogP contribution in [0.4, 0.5) is 0 Å². The number of furan rings is 2. The molecule has 0 aliphatic heterocycles. The van der Waals surface area contributed by atoms with Gasteiger partial charge in [0.25, 0.3) is 0 Å². The first-order valence-corrected chi connectivity index (χ1v) is 3.57. The van der Waals surface area contributed by atoms with Gasteiger partial charge in [0.05, 0.1) is 6.26 Å². The van der Waals surface area contributed by atoms with E-state index in [-0.39, 0.29) is 0 Å². The Hall–Kier alpha value is -0.450. The molecule has 0 bridgehead atoms. The zero-order valence-electron chi connectivity index (χ0n) is 4.43. The van der Waals surface area contributed by atoms with Crippen molar-refractivity contribution in [3.8, 4) is 0 Å². The van der Waals surface area contributed by atoms with Crippen LogP contribution in [-0.2, 0) is 0 Å². The maximum atomic E-state index is 5.20. The predicted molar refractivity (Wildman–Crippen MR) is 41.2 cm³/mol. The van der Waals surface area contributed by atoms with Gasteiger partial charge in [-0.2, -0.15) is 0 Å². The standard InChI is InChI=1S/C6H3IO2/c7-6-3-5-4(9-6)1-2-8-5/h1-3H. The summed E-state index contributed by atoms with van der Waals surface area (Å²) in [6, 6.07) is 3.66. The summed E-state index contributed by atoms with van der Waals surface area (Å²) >= 11 is 2.10. The molecule has 2 rings (SSSR count). The zero-order valence-corrected chi connectivity index (χ0v) is 6.58. The van der Waals surface area contributed by atoms with Crippen LogP contribution in [0, 0.1) is 3.77 Å². The number of rotatable bonds is 0. The second kappa shape index (κ2) is 1.76. The van der Waals surface area contributed by atoms with Crippen molar-refractivity contribution < 1.29 is 8.83 Å². The molecule has 9 heavy (non-hydrogen) atoms. The minimum absolute atomic E-state index is 0.819. The summed E-state index contributed by atoms with van der Waals surface area (Å²) in [6.07, 6.45) is 1.62. The molecule has 2 heterocycles. The fraction of sp³-hybridized carbons (Fsp3) is 0. The Labute approximate surface area is 65.0 Å². The van der Waals surface area contributed by atoms with Crippen molar-refractivity contribution in [2.75, 3.05) is 0 Å². The summed E-state index contributed by atoms with van der Waals surface area (Å²) in [5, 5.41) is 0. The van der Waals surface area contributed by atoms with Gasteiger partial charge >= 0.3 is 0 Å². The fourth-order valence-corrected chi connectivity index (χ4v) is 1.26. The van der Waals surface area contributed by atoms with Crippen LogP contribution in [0.15, 0.2) is 27.2 Å². The van der Waals surface area contributed by atoms with Gasteiger partial charge in [-0.15, -0.1) is 0 Å². The highest BCUT2D eigenvalue weighted by Crippen LogP contribution is 2.20. The van der Waals surface area contributed by atoms with Crippen LogP contribution in [-0.4, -0.2) is 0 Å². The second-order valence-corrected chi connectivity index (χ2v) is 2.76. The number of fused-ring (bicyclic) bond motifs is 1. The molecule has 0 radical (unpaired) electrons. The number of hydrogen-bond acceptors (Lipinski definition) is 2. The lowest BCUT2D eigenvalue weighted by Crippen LogP contribution is -1.48. The summed E-state index contributed by atoms with van der Waals surface area (Å²) in [6.45, 7) is 0. The van der Waals surface area contributed by atoms with Gasteiger partial charge in [-0.05, 0) is 22.6 Å². The van der Waals surface area contributed by atoms with E-state index in [0.29, 0.717) is 0 Å². The smallest absolute Gasteiger partial charge is 0.173 e. The van der Waals surface area contributed by atoms with Gasteiger partial charge in [0.2, 0.25) is 0 Å². The first kappa shape index (κ1) is 5.34. The molecule has 0 unspecified atom stereocenters. The Bertz CT molecular complexity index is 292. The molecular formula is C6H3IO2. The third-order valence-corrected chi connectivity index (χ3v) is 1.64. The minimum Gasteiger partial charge on any atom is -0.461 e. The maximum Gasteiger partial charge on any atom is 0.173 e. The zero-order chi connectivity index (χ0) is 6.27. The van der Waals surface area contributed by atoms with Gasteiger partial charge in [-0.1, -0.05) is 0 Å². The second-order valence-electron chi connectivity index (χ2n) is 1.70. The summed E-state index contributed by atoms with van der Waals surface area (Å²) in [5.74, 6) is 0. The summed E-state index contributed by atoms with van der Waals surface area (Å²) in [4.78, 5) is 0. The van der Waals surface area contributed by atoms with E-state index in [1.165, 1.54) is 0 Å². The van der Waals surface area contributed by atoms with Crippen LogP contribution in [0.3, 0.4) is 0 Å². The lowest BCUT2D eigenvalue weighted by molar-refractivity contribution is 0.583. The van der Waals surface area contributed by atoms with E-state index in [2.05, 4.69) is 22.6 Å². The quantitative estimate of drug-likeness (QED) is 0.655. The van der Waals surface area contributed by atoms with Gasteiger partial charge in [-0.3, -0.25) is 0 Å². The van der Waals surface area contributed by atoms with Crippen molar-refractivity contribution in [1.82, 2.24) is 0 Å². The van der Waals surface area contributed by atoms with Gasteiger partial charge in [0.1, 0.15) is 0 Å². The Morgan fingerprint density at radius 3 is 3.00 bits per heavy atom. The van der Waals surface area contributed by atoms with Crippen LogP contribution in [0.25, 0.3) is 11.2 Å². The molecule has 0 aliphatic rings. The Morgan fingerprint density at radius 2 is 2.22 bits per heavy atom. The van der Waals surface area contributed by atoms with E-state index in [1.54, 1.807) is 12.3 Å². The van der Waals surface area contributed by atoms with Crippen molar-refractivity contribution in [2.24, 2.45) is 0 Å². The highest BCUT2D eigenvalue weighted by atomic mass is 127. The molecule has 46 valence electrons. The molecule has 3 heteroatoms. The van der Waals surface area contributed by atoms with Crippen molar-refractivity contribution in [3.05, 3.63) is 22.2 Å². The van der Waals surface area contributed by atoms with Gasteiger partial charge < -0.3 is 8.83 Å².